The van der Waals surface area contributed by atoms with Gasteiger partial charge in [-0.05, 0) is 37.6 Å². The zero-order chi connectivity index (χ0) is 17.6. The van der Waals surface area contributed by atoms with E-state index in [2.05, 4.69) is 26.6 Å². The lowest BCUT2D eigenvalue weighted by Crippen LogP contribution is -2.31. The maximum Gasteiger partial charge on any atom is 0.146 e. The number of piperidine rings is 1. The molecule has 1 fully saturated rings. The second kappa shape index (κ2) is 8.01. The molecule has 0 bridgehead atoms. The fourth-order valence-electron chi connectivity index (χ4n) is 3.34. The topological polar surface area (TPSA) is 53.2 Å². The van der Waals surface area contributed by atoms with Gasteiger partial charge >= 0.3 is 0 Å². The predicted octanol–water partition coefficient (Wildman–Crippen LogP) is 2.79. The van der Waals surface area contributed by atoms with Crippen LogP contribution >= 0.6 is 0 Å². The Hall–Kier alpha value is -2.56. The Morgan fingerprint density at radius 1 is 1.36 bits per heavy atom. The Bertz CT molecular complexity index is 781. The SMILES string of the molecule is C=[N+]1CCCC(CNc2cccc(C(=NC)c3cccnc3C)n2)C1. The first-order valence-corrected chi connectivity index (χ1v) is 8.83. The number of rotatable bonds is 5. The molecule has 2 aromatic rings. The number of anilines is 1. The molecule has 3 rings (SSSR count). The third kappa shape index (κ3) is 4.29. The summed E-state index contributed by atoms with van der Waals surface area (Å²) < 4.78 is 2.16. The van der Waals surface area contributed by atoms with Crippen LogP contribution in [0.3, 0.4) is 0 Å². The van der Waals surface area contributed by atoms with Gasteiger partial charge in [0.05, 0.1) is 11.4 Å². The summed E-state index contributed by atoms with van der Waals surface area (Å²) in [5.74, 6) is 1.51. The van der Waals surface area contributed by atoms with E-state index in [0.717, 1.165) is 48.1 Å². The molecule has 3 heterocycles. The lowest BCUT2D eigenvalue weighted by Gasteiger charge is -2.20. The van der Waals surface area contributed by atoms with Gasteiger partial charge < -0.3 is 5.32 Å². The van der Waals surface area contributed by atoms with E-state index in [0.29, 0.717) is 5.92 Å². The van der Waals surface area contributed by atoms with Gasteiger partial charge in [0.25, 0.3) is 0 Å². The minimum absolute atomic E-state index is 0.622. The fraction of sp³-hybridized carbons (Fsp3) is 0.400. The summed E-state index contributed by atoms with van der Waals surface area (Å²) in [5, 5.41) is 3.48. The van der Waals surface area contributed by atoms with Crippen molar-refractivity contribution in [3.63, 3.8) is 0 Å². The summed E-state index contributed by atoms with van der Waals surface area (Å²) in [7, 11) is 1.80. The Balaban J connectivity index is 1.74. The van der Waals surface area contributed by atoms with Crippen LogP contribution in [0.15, 0.2) is 41.5 Å². The highest BCUT2D eigenvalue weighted by Crippen LogP contribution is 2.16. The van der Waals surface area contributed by atoms with E-state index in [9.17, 15) is 0 Å². The quantitative estimate of drug-likeness (QED) is 0.675. The molecule has 2 aromatic heterocycles. The summed E-state index contributed by atoms with van der Waals surface area (Å²) in [6, 6.07) is 10.0. The van der Waals surface area contributed by atoms with Crippen LogP contribution in [-0.2, 0) is 0 Å². The Morgan fingerprint density at radius 3 is 3.00 bits per heavy atom. The van der Waals surface area contributed by atoms with E-state index in [1.807, 2.05) is 37.3 Å². The molecule has 1 aliphatic heterocycles. The van der Waals surface area contributed by atoms with Crippen molar-refractivity contribution in [2.45, 2.75) is 19.8 Å². The van der Waals surface area contributed by atoms with Gasteiger partial charge in [0, 0.05) is 43.4 Å². The first-order valence-electron chi connectivity index (χ1n) is 8.83. The highest BCUT2D eigenvalue weighted by molar-refractivity contribution is 6.12. The summed E-state index contributed by atoms with van der Waals surface area (Å²) >= 11 is 0. The lowest BCUT2D eigenvalue weighted by molar-refractivity contribution is -0.536. The first-order chi connectivity index (χ1) is 12.2. The van der Waals surface area contributed by atoms with Crippen molar-refractivity contribution in [1.82, 2.24) is 9.97 Å². The van der Waals surface area contributed by atoms with E-state index in [1.165, 1.54) is 12.8 Å². The van der Waals surface area contributed by atoms with Gasteiger partial charge in [-0.25, -0.2) is 9.56 Å². The molecule has 0 radical (unpaired) electrons. The molecule has 1 aliphatic rings. The van der Waals surface area contributed by atoms with Gasteiger partial charge in [0.15, 0.2) is 0 Å². The highest BCUT2D eigenvalue weighted by atomic mass is 15.0. The average molecular weight is 336 g/mol. The molecule has 5 heteroatoms. The minimum atomic E-state index is 0.622. The molecule has 25 heavy (non-hydrogen) atoms. The second-order valence-corrected chi connectivity index (χ2v) is 6.58. The van der Waals surface area contributed by atoms with Crippen LogP contribution in [-0.4, -0.2) is 53.7 Å². The number of nitrogens with zero attached hydrogens (tertiary/aromatic N) is 4. The second-order valence-electron chi connectivity index (χ2n) is 6.58. The number of aryl methyl sites for hydroxylation is 1. The minimum Gasteiger partial charge on any atom is -0.370 e. The third-order valence-corrected chi connectivity index (χ3v) is 4.65. The van der Waals surface area contributed by atoms with E-state index in [4.69, 9.17) is 4.98 Å². The molecular weight excluding hydrogens is 310 g/mol. The van der Waals surface area contributed by atoms with Gasteiger partial charge in [0.2, 0.25) is 0 Å². The van der Waals surface area contributed by atoms with Crippen LogP contribution < -0.4 is 5.32 Å². The smallest absolute Gasteiger partial charge is 0.146 e. The van der Waals surface area contributed by atoms with Crippen LogP contribution in [0.2, 0.25) is 0 Å². The van der Waals surface area contributed by atoms with Crippen molar-refractivity contribution < 1.29 is 4.58 Å². The zero-order valence-corrected chi connectivity index (χ0v) is 15.1. The van der Waals surface area contributed by atoms with E-state index >= 15 is 0 Å². The van der Waals surface area contributed by atoms with Crippen molar-refractivity contribution in [2.75, 3.05) is 32.0 Å². The molecule has 0 aromatic carbocycles. The number of aliphatic imine (C=N–C) groups is 1. The van der Waals surface area contributed by atoms with Crippen molar-refractivity contribution in [3.05, 3.63) is 53.5 Å². The number of pyridine rings is 2. The summed E-state index contributed by atoms with van der Waals surface area (Å²) in [6.07, 6.45) is 4.26. The Kier molecular flexibility index (Phi) is 5.53. The molecule has 0 aliphatic carbocycles. The number of aromatic nitrogens is 2. The molecule has 5 nitrogen and oxygen atoms in total. The molecule has 0 amide bonds. The fourth-order valence-corrected chi connectivity index (χ4v) is 3.34. The molecule has 1 saturated heterocycles. The standard InChI is InChI=1S/C20H26N5/c1-15-17(8-5-11-22-15)20(21-2)18-9-4-10-19(24-18)23-13-16-7-6-12-25(3)14-16/h4-5,8-11,16H,3,6-7,12-14H2,1-2H3,(H,23,24)/q+1. The molecule has 1 unspecified atom stereocenters. The number of hydrogen-bond acceptors (Lipinski definition) is 4. The summed E-state index contributed by atoms with van der Waals surface area (Å²) in [6.45, 7) is 9.13. The van der Waals surface area contributed by atoms with Gasteiger partial charge in [0.1, 0.15) is 25.6 Å². The molecule has 1 N–H and O–H groups in total. The summed E-state index contributed by atoms with van der Waals surface area (Å²) in [4.78, 5) is 13.6. The van der Waals surface area contributed by atoms with Gasteiger partial charge in [-0.3, -0.25) is 9.98 Å². The van der Waals surface area contributed by atoms with Crippen LogP contribution in [0, 0.1) is 12.8 Å². The number of nitrogens with one attached hydrogen (secondary N) is 1. The molecule has 1 atom stereocenters. The Morgan fingerprint density at radius 2 is 2.24 bits per heavy atom. The maximum absolute atomic E-state index is 4.77. The zero-order valence-electron chi connectivity index (χ0n) is 15.1. The van der Waals surface area contributed by atoms with Crippen molar-refractivity contribution in [1.29, 1.82) is 0 Å². The maximum atomic E-state index is 4.77. The van der Waals surface area contributed by atoms with Crippen LogP contribution in [0.4, 0.5) is 5.82 Å². The third-order valence-electron chi connectivity index (χ3n) is 4.65. The van der Waals surface area contributed by atoms with Crippen molar-refractivity contribution in [2.24, 2.45) is 10.9 Å². The molecule has 0 spiro atoms. The van der Waals surface area contributed by atoms with Crippen molar-refractivity contribution >= 4 is 18.2 Å². The van der Waals surface area contributed by atoms with Gasteiger partial charge in [-0.1, -0.05) is 6.07 Å². The van der Waals surface area contributed by atoms with Crippen LogP contribution in [0.5, 0.6) is 0 Å². The van der Waals surface area contributed by atoms with Crippen molar-refractivity contribution in [3.8, 4) is 0 Å². The number of hydrogen-bond donors (Lipinski definition) is 1. The summed E-state index contributed by atoms with van der Waals surface area (Å²) in [5.41, 5.74) is 3.72. The monoisotopic (exact) mass is 336 g/mol. The predicted molar refractivity (Wildman–Crippen MR) is 103 cm³/mol. The molecular formula is C20H26N5+. The molecule has 130 valence electrons. The van der Waals surface area contributed by atoms with Crippen LogP contribution in [0.1, 0.15) is 29.8 Å². The van der Waals surface area contributed by atoms with E-state index < -0.39 is 0 Å². The molecule has 0 saturated carbocycles. The Labute approximate surface area is 149 Å². The average Bonchev–Trinajstić information content (AvgIpc) is 2.63. The van der Waals surface area contributed by atoms with Crippen LogP contribution in [0.25, 0.3) is 0 Å². The highest BCUT2D eigenvalue weighted by Gasteiger charge is 2.20. The normalized spacial score (nSPS) is 18.2. The van der Waals surface area contributed by atoms with Gasteiger partial charge in [-0.2, -0.15) is 0 Å². The van der Waals surface area contributed by atoms with E-state index in [1.54, 1.807) is 13.2 Å². The largest absolute Gasteiger partial charge is 0.370 e. The van der Waals surface area contributed by atoms with E-state index in [-0.39, 0.29) is 0 Å². The first kappa shape index (κ1) is 17.3. The lowest BCUT2D eigenvalue weighted by atomic mass is 9.99. The van der Waals surface area contributed by atoms with Gasteiger partial charge in [-0.15, -0.1) is 0 Å².